The second-order valence-corrected chi connectivity index (χ2v) is 11.0. The van der Waals surface area contributed by atoms with Gasteiger partial charge in [0.05, 0.1) is 0 Å². The molecule has 0 bridgehead atoms. The van der Waals surface area contributed by atoms with E-state index in [1.165, 1.54) is 0 Å². The van der Waals surface area contributed by atoms with E-state index in [4.69, 9.17) is 60.7 Å². The topological polar surface area (TPSA) is 343 Å². The molecule has 0 spiro atoms. The van der Waals surface area contributed by atoms with Crippen LogP contribution in [-0.2, 0) is 174 Å². The number of rotatable bonds is 0. The van der Waals surface area contributed by atoms with Crippen LogP contribution in [0.5, 0.6) is 0 Å². The first kappa shape index (κ1) is 52.2. The Hall–Kier alpha value is 4.18. The standard InChI is InChI=1S/K.Nb.18O.6Ta/q+1;+5;;;;;;;;;;;;;6*-1;;;;;;. The molecular formula is KNbO18Ta6. The number of hydrogen-bond donors (Lipinski definition) is 0. The van der Waals surface area contributed by atoms with Crippen molar-refractivity contribution in [3.63, 3.8) is 0 Å². The van der Waals surface area contributed by atoms with Crippen molar-refractivity contribution in [2.24, 2.45) is 0 Å². The summed E-state index contributed by atoms with van der Waals surface area (Å²) in [6, 6.07) is 0. The predicted octanol–water partition coefficient (Wildman–Crippen LogP) is -11.6. The summed E-state index contributed by atoms with van der Waals surface area (Å²) in [6.07, 6.45) is 0. The van der Waals surface area contributed by atoms with Gasteiger partial charge in [-0.05, 0) is 0 Å². The van der Waals surface area contributed by atoms with E-state index in [-0.39, 0.29) is 73.8 Å². The SMILES string of the molecule is [K+].[Nb+5].[O]=[Ta](=[O])[O-].[O]=[Ta](=[O])[O-].[O]=[Ta](=[O])[O-].[O]=[Ta](=[O])[O-].[O]=[Ta](=[O])[O-].[O]=[Ta](=[O])[O-]. The molecule has 0 unspecified atom stereocenters. The molecule has 0 saturated carbocycles. The molecule has 0 aliphatic carbocycles. The van der Waals surface area contributed by atoms with Gasteiger partial charge in [-0.1, -0.05) is 0 Å². The summed E-state index contributed by atoms with van der Waals surface area (Å²) in [5, 5.41) is 0. The van der Waals surface area contributed by atoms with Gasteiger partial charge < -0.3 is 0 Å². The van der Waals surface area contributed by atoms with Crippen molar-refractivity contribution in [1.29, 1.82) is 0 Å². The van der Waals surface area contributed by atoms with Crippen LogP contribution >= 0.6 is 0 Å². The van der Waals surface area contributed by atoms with Gasteiger partial charge in [0.2, 0.25) is 0 Å². The molecule has 0 fully saturated rings. The molecule has 0 aliphatic heterocycles. The molecule has 26 heavy (non-hydrogen) atoms. The molecule has 0 heterocycles. The second-order valence-electron chi connectivity index (χ2n) is 1.34. The Morgan fingerprint density at radius 3 is 0.308 bits per heavy atom. The molecule has 144 valence electrons. The minimum absolute atomic E-state index is 0. The third-order valence-corrected chi connectivity index (χ3v) is 0. The Kier molecular flexibility index (Phi) is 94.6. The molecule has 0 N–H and O–H groups in total. The normalized spacial score (nSPS) is 5.77. The molecule has 18 nitrogen and oxygen atoms in total. The predicted molar refractivity (Wildman–Crippen MR) is 8.24 cm³/mol. The van der Waals surface area contributed by atoms with Crippen molar-refractivity contribution in [2.75, 3.05) is 0 Å². The van der Waals surface area contributed by atoms with E-state index in [1.807, 2.05) is 0 Å². The van der Waals surface area contributed by atoms with Gasteiger partial charge in [-0.2, -0.15) is 0 Å². The Morgan fingerprint density at radius 1 is 0.308 bits per heavy atom. The van der Waals surface area contributed by atoms with Crippen LogP contribution in [0.3, 0.4) is 0 Å². The fraction of sp³-hybridized carbons (Fsp3) is 0. The first-order valence-electron chi connectivity index (χ1n) is 3.29. The molecular weight excluding hydrogens is 1510 g/mol. The van der Waals surface area contributed by atoms with Crippen LogP contribution in [0, 0.1) is 0 Å². The van der Waals surface area contributed by atoms with Gasteiger partial charge >= 0.3 is 247 Å². The van der Waals surface area contributed by atoms with Gasteiger partial charge in [0.25, 0.3) is 0 Å². The van der Waals surface area contributed by atoms with Crippen molar-refractivity contribution < 1.29 is 247 Å². The van der Waals surface area contributed by atoms with Crippen LogP contribution in [-0.4, -0.2) is 0 Å². The fourth-order valence-electron chi connectivity index (χ4n) is 0. The van der Waals surface area contributed by atoms with E-state index in [0.29, 0.717) is 0 Å². The first-order valence-corrected chi connectivity index (χ1v) is 26.9. The Labute approximate surface area is 241 Å². The molecule has 0 aromatic rings. The Morgan fingerprint density at radius 2 is 0.308 bits per heavy atom. The maximum atomic E-state index is 8.62. The average molecular weight is 1510 g/mol. The van der Waals surface area contributed by atoms with Crippen molar-refractivity contribution in [3.8, 4) is 0 Å². The molecule has 0 aromatic carbocycles. The fourth-order valence-corrected chi connectivity index (χ4v) is 0. The molecule has 0 amide bonds. The third-order valence-electron chi connectivity index (χ3n) is 0. The molecule has 0 radical (unpaired) electrons. The summed E-state index contributed by atoms with van der Waals surface area (Å²) >= 11 is -26.1. The summed E-state index contributed by atoms with van der Waals surface area (Å²) in [5.41, 5.74) is 0. The Balaban J connectivity index is -0.0000000245. The van der Waals surface area contributed by atoms with Crippen molar-refractivity contribution in [1.82, 2.24) is 0 Å². The van der Waals surface area contributed by atoms with E-state index in [9.17, 15) is 0 Å². The summed E-state index contributed by atoms with van der Waals surface area (Å²) in [4.78, 5) is 0. The Bertz CT molecular complexity index is 477. The third kappa shape index (κ3) is 1190. The molecule has 0 atom stereocenters. The van der Waals surface area contributed by atoms with Crippen LogP contribution < -0.4 is 73.1 Å². The summed E-state index contributed by atoms with van der Waals surface area (Å²) in [6.45, 7) is 0. The zero-order valence-electron chi connectivity index (χ0n) is 11.5. The quantitative estimate of drug-likeness (QED) is 0.203. The second kappa shape index (κ2) is 47.1. The zero-order chi connectivity index (χ0) is 21.5. The van der Waals surface area contributed by atoms with Gasteiger partial charge in [0.1, 0.15) is 0 Å². The van der Waals surface area contributed by atoms with Gasteiger partial charge in [0.15, 0.2) is 0 Å². The van der Waals surface area contributed by atoms with Gasteiger partial charge in [0, 0.05) is 0 Å². The van der Waals surface area contributed by atoms with Crippen LogP contribution in [0.4, 0.5) is 0 Å². The maximum absolute atomic E-state index is 8.62. The van der Waals surface area contributed by atoms with E-state index in [0.717, 1.165) is 0 Å². The van der Waals surface area contributed by atoms with Crippen LogP contribution in [0.25, 0.3) is 0 Å². The monoisotopic (exact) mass is 1510 g/mol. The minimum atomic E-state index is -4.34. The molecule has 0 aromatic heterocycles. The molecule has 26 heteroatoms. The van der Waals surface area contributed by atoms with E-state index >= 15 is 0 Å². The van der Waals surface area contributed by atoms with E-state index in [1.54, 1.807) is 0 Å². The summed E-state index contributed by atoms with van der Waals surface area (Å²) in [5.74, 6) is 0. The number of hydrogen-bond acceptors (Lipinski definition) is 18. The van der Waals surface area contributed by atoms with Crippen molar-refractivity contribution >= 4 is 0 Å². The van der Waals surface area contributed by atoms with E-state index in [2.05, 4.69) is 0 Å². The van der Waals surface area contributed by atoms with Gasteiger partial charge in [-0.3, -0.25) is 0 Å². The van der Waals surface area contributed by atoms with Crippen LogP contribution in [0.15, 0.2) is 0 Å². The average Bonchev–Trinajstić information content (AvgIpc) is 2.08. The summed E-state index contributed by atoms with van der Waals surface area (Å²) < 4.78 is 155. The van der Waals surface area contributed by atoms with Gasteiger partial charge in [-0.25, -0.2) is 0 Å². The van der Waals surface area contributed by atoms with Crippen LogP contribution in [0.2, 0.25) is 0 Å². The zero-order valence-corrected chi connectivity index (χ0v) is 36.1. The van der Waals surface area contributed by atoms with Crippen molar-refractivity contribution in [2.45, 2.75) is 0 Å². The van der Waals surface area contributed by atoms with E-state index < -0.39 is 113 Å². The van der Waals surface area contributed by atoms with Crippen LogP contribution in [0.1, 0.15) is 0 Å². The summed E-state index contributed by atoms with van der Waals surface area (Å²) in [7, 11) is 0. The van der Waals surface area contributed by atoms with Gasteiger partial charge in [-0.15, -0.1) is 0 Å². The molecule has 0 rings (SSSR count). The molecule has 0 saturated heterocycles. The first-order chi connectivity index (χ1) is 10.4. The van der Waals surface area contributed by atoms with Crippen molar-refractivity contribution in [3.05, 3.63) is 0 Å². The molecule has 0 aliphatic rings.